The first-order valence-electron chi connectivity index (χ1n) is 5.97. The molecule has 2 unspecified atom stereocenters. The number of ether oxygens (including phenoxy) is 1. The number of hydrogen-bond acceptors (Lipinski definition) is 2. The Kier molecular flexibility index (Phi) is 2.99. The SMILES string of the molecule is CCCCC1C(=O)OC1(C)c1ccccc1. The van der Waals surface area contributed by atoms with Crippen LogP contribution in [0.3, 0.4) is 0 Å². The minimum atomic E-state index is -0.395. The molecule has 0 aliphatic carbocycles. The lowest BCUT2D eigenvalue weighted by Crippen LogP contribution is -2.52. The quantitative estimate of drug-likeness (QED) is 0.725. The smallest absolute Gasteiger partial charge is 0.314 e. The molecule has 1 fully saturated rings. The molecule has 2 rings (SSSR count). The summed E-state index contributed by atoms with van der Waals surface area (Å²) < 4.78 is 5.38. The van der Waals surface area contributed by atoms with Crippen molar-refractivity contribution in [2.24, 2.45) is 5.92 Å². The minimum Gasteiger partial charge on any atom is -0.453 e. The van der Waals surface area contributed by atoms with Gasteiger partial charge in [-0.15, -0.1) is 0 Å². The van der Waals surface area contributed by atoms with Crippen molar-refractivity contribution >= 4 is 5.97 Å². The summed E-state index contributed by atoms with van der Waals surface area (Å²) in [6, 6.07) is 10.0. The van der Waals surface area contributed by atoms with Gasteiger partial charge < -0.3 is 4.74 Å². The van der Waals surface area contributed by atoms with E-state index in [0.29, 0.717) is 0 Å². The summed E-state index contributed by atoms with van der Waals surface area (Å²) in [5.74, 6) is -0.00495. The molecule has 0 radical (unpaired) electrons. The second-order valence-corrected chi connectivity index (χ2v) is 4.59. The van der Waals surface area contributed by atoms with Gasteiger partial charge in [-0.3, -0.25) is 4.79 Å². The van der Waals surface area contributed by atoms with Crippen LogP contribution in [-0.4, -0.2) is 5.97 Å². The van der Waals surface area contributed by atoms with E-state index >= 15 is 0 Å². The first-order chi connectivity index (χ1) is 7.68. The topological polar surface area (TPSA) is 26.3 Å². The fourth-order valence-electron chi connectivity index (χ4n) is 2.35. The summed E-state index contributed by atoms with van der Waals surface area (Å²) in [6.45, 7) is 4.16. The molecule has 1 aliphatic heterocycles. The molecule has 1 aromatic carbocycles. The summed E-state index contributed by atoms with van der Waals surface area (Å²) in [7, 11) is 0. The van der Waals surface area contributed by atoms with Crippen molar-refractivity contribution in [2.75, 3.05) is 0 Å². The van der Waals surface area contributed by atoms with Crippen molar-refractivity contribution in [1.29, 1.82) is 0 Å². The van der Waals surface area contributed by atoms with Gasteiger partial charge in [-0.05, 0) is 18.9 Å². The molecule has 1 aliphatic rings. The number of cyclic esters (lactones) is 1. The predicted molar refractivity (Wildman–Crippen MR) is 62.9 cm³/mol. The molecule has 0 saturated carbocycles. The van der Waals surface area contributed by atoms with Crippen molar-refractivity contribution in [3.63, 3.8) is 0 Å². The second kappa shape index (κ2) is 4.28. The number of carbonyl (C=O) groups is 1. The van der Waals surface area contributed by atoms with Gasteiger partial charge in [-0.25, -0.2) is 0 Å². The Hall–Kier alpha value is -1.31. The van der Waals surface area contributed by atoms with Gasteiger partial charge in [0.15, 0.2) is 0 Å². The Balaban J connectivity index is 2.16. The number of carbonyl (C=O) groups excluding carboxylic acids is 1. The van der Waals surface area contributed by atoms with Crippen molar-refractivity contribution in [2.45, 2.75) is 38.7 Å². The molecular formula is C14H18O2. The molecule has 16 heavy (non-hydrogen) atoms. The van der Waals surface area contributed by atoms with Crippen LogP contribution in [0.4, 0.5) is 0 Å². The Morgan fingerprint density at radius 2 is 2.00 bits per heavy atom. The van der Waals surface area contributed by atoms with Crippen LogP contribution in [0.5, 0.6) is 0 Å². The fraction of sp³-hybridized carbons (Fsp3) is 0.500. The second-order valence-electron chi connectivity index (χ2n) is 4.59. The van der Waals surface area contributed by atoms with E-state index in [2.05, 4.69) is 6.92 Å². The molecule has 2 nitrogen and oxygen atoms in total. The van der Waals surface area contributed by atoms with E-state index in [1.165, 1.54) is 0 Å². The number of unbranched alkanes of at least 4 members (excludes halogenated alkanes) is 1. The maximum absolute atomic E-state index is 11.5. The van der Waals surface area contributed by atoms with E-state index in [1.807, 2.05) is 37.3 Å². The third kappa shape index (κ3) is 1.73. The van der Waals surface area contributed by atoms with E-state index in [-0.39, 0.29) is 11.9 Å². The highest BCUT2D eigenvalue weighted by molar-refractivity contribution is 5.80. The van der Waals surface area contributed by atoms with Crippen LogP contribution in [-0.2, 0) is 15.1 Å². The lowest BCUT2D eigenvalue weighted by atomic mass is 9.75. The summed E-state index contributed by atoms with van der Waals surface area (Å²) in [5, 5.41) is 0. The van der Waals surface area contributed by atoms with Crippen LogP contribution in [0.15, 0.2) is 30.3 Å². The fourth-order valence-corrected chi connectivity index (χ4v) is 2.35. The lowest BCUT2D eigenvalue weighted by molar-refractivity contribution is -0.213. The summed E-state index contributed by atoms with van der Waals surface area (Å²) in [4.78, 5) is 11.5. The Labute approximate surface area is 96.6 Å². The van der Waals surface area contributed by atoms with Crippen LogP contribution in [0.2, 0.25) is 0 Å². The Bertz CT molecular complexity index is 372. The van der Waals surface area contributed by atoms with Gasteiger partial charge in [0.05, 0.1) is 0 Å². The van der Waals surface area contributed by atoms with E-state index in [1.54, 1.807) is 0 Å². The zero-order chi connectivity index (χ0) is 11.6. The highest BCUT2D eigenvalue weighted by atomic mass is 16.6. The van der Waals surface area contributed by atoms with Crippen LogP contribution < -0.4 is 0 Å². The van der Waals surface area contributed by atoms with E-state index in [0.717, 1.165) is 24.8 Å². The van der Waals surface area contributed by atoms with Crippen molar-refractivity contribution < 1.29 is 9.53 Å². The molecular weight excluding hydrogens is 200 g/mol. The van der Waals surface area contributed by atoms with Crippen molar-refractivity contribution in [1.82, 2.24) is 0 Å². The van der Waals surface area contributed by atoms with Gasteiger partial charge in [0.1, 0.15) is 11.5 Å². The molecule has 0 aromatic heterocycles. The van der Waals surface area contributed by atoms with Gasteiger partial charge in [0.2, 0.25) is 0 Å². The zero-order valence-electron chi connectivity index (χ0n) is 9.90. The van der Waals surface area contributed by atoms with E-state index in [4.69, 9.17) is 4.74 Å². The van der Waals surface area contributed by atoms with Crippen molar-refractivity contribution in [3.05, 3.63) is 35.9 Å². The molecule has 86 valence electrons. The summed E-state index contributed by atoms with van der Waals surface area (Å²) in [6.07, 6.45) is 3.14. The van der Waals surface area contributed by atoms with Gasteiger partial charge in [0, 0.05) is 0 Å². The maximum Gasteiger partial charge on any atom is 0.314 e. The number of hydrogen-bond donors (Lipinski definition) is 0. The summed E-state index contributed by atoms with van der Waals surface area (Å²) >= 11 is 0. The van der Waals surface area contributed by atoms with Crippen LogP contribution in [0.1, 0.15) is 38.7 Å². The first-order valence-corrected chi connectivity index (χ1v) is 5.97. The van der Waals surface area contributed by atoms with Crippen LogP contribution >= 0.6 is 0 Å². The molecule has 1 aromatic rings. The van der Waals surface area contributed by atoms with Gasteiger partial charge in [-0.2, -0.15) is 0 Å². The molecule has 2 atom stereocenters. The molecule has 0 bridgehead atoms. The lowest BCUT2D eigenvalue weighted by Gasteiger charge is -2.45. The Morgan fingerprint density at radius 3 is 2.56 bits per heavy atom. The van der Waals surface area contributed by atoms with Gasteiger partial charge >= 0.3 is 5.97 Å². The molecule has 0 N–H and O–H groups in total. The monoisotopic (exact) mass is 218 g/mol. The molecule has 1 heterocycles. The molecule has 1 saturated heterocycles. The zero-order valence-corrected chi connectivity index (χ0v) is 9.90. The largest absolute Gasteiger partial charge is 0.453 e. The number of esters is 1. The van der Waals surface area contributed by atoms with Gasteiger partial charge in [0.25, 0.3) is 0 Å². The molecule has 2 heteroatoms. The third-order valence-electron chi connectivity index (χ3n) is 3.46. The number of rotatable bonds is 4. The maximum atomic E-state index is 11.5. The highest BCUT2D eigenvalue weighted by Crippen LogP contribution is 2.45. The normalized spacial score (nSPS) is 28.4. The minimum absolute atomic E-state index is 0.0369. The van der Waals surface area contributed by atoms with E-state index in [9.17, 15) is 4.79 Å². The standard InChI is InChI=1S/C14H18O2/c1-3-4-10-12-13(15)16-14(12,2)11-8-6-5-7-9-11/h5-9,12H,3-4,10H2,1-2H3. The Morgan fingerprint density at radius 1 is 1.31 bits per heavy atom. The average molecular weight is 218 g/mol. The third-order valence-corrected chi connectivity index (χ3v) is 3.46. The molecule has 0 spiro atoms. The van der Waals surface area contributed by atoms with Crippen LogP contribution in [0, 0.1) is 5.92 Å². The van der Waals surface area contributed by atoms with Crippen LogP contribution in [0.25, 0.3) is 0 Å². The average Bonchev–Trinajstić information content (AvgIpc) is 2.30. The van der Waals surface area contributed by atoms with Gasteiger partial charge in [-0.1, -0.05) is 50.1 Å². The highest BCUT2D eigenvalue weighted by Gasteiger charge is 2.53. The summed E-state index contributed by atoms with van der Waals surface area (Å²) in [5.41, 5.74) is 0.712. The molecule has 0 amide bonds. The first kappa shape index (κ1) is 11.2. The predicted octanol–water partition coefficient (Wildman–Crippen LogP) is 3.27. The van der Waals surface area contributed by atoms with Crippen molar-refractivity contribution in [3.8, 4) is 0 Å². The van der Waals surface area contributed by atoms with E-state index < -0.39 is 5.60 Å². The number of benzene rings is 1.